The lowest BCUT2D eigenvalue weighted by Gasteiger charge is -2.45. The third-order valence-corrected chi connectivity index (χ3v) is 12.0. The zero-order chi connectivity index (χ0) is 29.6. The van der Waals surface area contributed by atoms with Crippen LogP contribution in [0.5, 0.6) is 5.75 Å². The molecule has 2 N–H and O–H groups in total. The fourth-order valence-corrected chi connectivity index (χ4v) is 9.15. The number of nitrogens with one attached hydrogen (secondary N) is 1. The van der Waals surface area contributed by atoms with Crippen LogP contribution in [0.3, 0.4) is 0 Å². The van der Waals surface area contributed by atoms with Crippen molar-refractivity contribution in [3.05, 3.63) is 83.4 Å². The van der Waals surface area contributed by atoms with Gasteiger partial charge in [0.2, 0.25) is 10.0 Å². The number of nitrogens with zero attached hydrogens (tertiary/aromatic N) is 1. The van der Waals surface area contributed by atoms with Crippen LogP contribution in [-0.4, -0.2) is 50.5 Å². The monoisotopic (exact) mass is 610 g/mol. The molecule has 1 aliphatic heterocycles. The van der Waals surface area contributed by atoms with Gasteiger partial charge in [-0.15, -0.1) is 13.2 Å². The third-order valence-electron chi connectivity index (χ3n) is 9.87. The standard InChI is InChI=1S/C33H39ClN2O5S/c1-3-6-22-17-31(22)42(39,40)35-32(38)23-9-13-30-28(16-23)36(18-24-8-11-26(24)29(37)4-2)19-33(20-41-30)14-5-7-21-15-25(34)10-12-27(21)33/h3-4,9-10,12-13,15-16,22,24,26,29,31,37H,1-2,5-8,11,14,17-20H2,(H,35,38)/t22-,24-,26+,29-,31-,33-/m0/s1. The molecule has 6 rings (SSSR count). The summed E-state index contributed by atoms with van der Waals surface area (Å²) in [6.07, 6.45) is 8.79. The lowest BCUT2D eigenvalue weighted by Crippen LogP contribution is -2.49. The molecule has 2 saturated carbocycles. The average Bonchev–Trinajstić information content (AvgIpc) is 3.75. The van der Waals surface area contributed by atoms with Gasteiger partial charge in [0, 0.05) is 29.1 Å². The van der Waals surface area contributed by atoms with Crippen molar-refractivity contribution in [1.29, 1.82) is 0 Å². The zero-order valence-electron chi connectivity index (χ0n) is 23.8. The molecule has 0 unspecified atom stereocenters. The number of benzene rings is 2. The number of fused-ring (bicyclic) bond motifs is 3. The molecule has 6 atom stereocenters. The first kappa shape index (κ1) is 29.3. The minimum absolute atomic E-state index is 0.00881. The molecule has 2 aromatic carbocycles. The van der Waals surface area contributed by atoms with Crippen LogP contribution in [0.15, 0.2) is 61.7 Å². The second-order valence-corrected chi connectivity index (χ2v) is 14.9. The second-order valence-electron chi connectivity index (χ2n) is 12.5. The topological polar surface area (TPSA) is 95.9 Å². The van der Waals surface area contributed by atoms with Gasteiger partial charge in [-0.2, -0.15) is 0 Å². The highest BCUT2D eigenvalue weighted by atomic mass is 35.5. The number of hydrogen-bond acceptors (Lipinski definition) is 6. The largest absolute Gasteiger partial charge is 0.490 e. The summed E-state index contributed by atoms with van der Waals surface area (Å²) in [7, 11) is -3.78. The smallest absolute Gasteiger partial charge is 0.264 e. The molecule has 0 aromatic heterocycles. The first-order chi connectivity index (χ1) is 20.1. The Morgan fingerprint density at radius 3 is 2.79 bits per heavy atom. The fourth-order valence-electron chi connectivity index (χ4n) is 7.31. The van der Waals surface area contributed by atoms with Gasteiger partial charge >= 0.3 is 0 Å². The van der Waals surface area contributed by atoms with E-state index in [0.717, 1.165) is 42.8 Å². The molecule has 1 spiro atoms. The first-order valence-electron chi connectivity index (χ1n) is 14.9. The molecule has 9 heteroatoms. The Kier molecular flexibility index (Phi) is 7.92. The minimum atomic E-state index is -3.78. The van der Waals surface area contributed by atoms with Crippen molar-refractivity contribution in [3.8, 4) is 5.75 Å². The SMILES string of the molecule is C=CC[C@H]1C[C@@H]1S(=O)(=O)NC(=O)c1ccc2c(c1)N(C[C@@H]1CC[C@H]1[C@@H](O)C=C)C[C@@]1(CCCc3cc(Cl)ccc31)CO2. The number of rotatable bonds is 9. The summed E-state index contributed by atoms with van der Waals surface area (Å²) in [5.41, 5.74) is 3.26. The Bertz CT molecular complexity index is 1510. The van der Waals surface area contributed by atoms with Gasteiger partial charge in [-0.25, -0.2) is 13.1 Å². The Labute approximate surface area is 253 Å². The van der Waals surface area contributed by atoms with E-state index in [4.69, 9.17) is 16.3 Å². The normalized spacial score (nSPS) is 28.8. The lowest BCUT2D eigenvalue weighted by molar-refractivity contribution is 0.0460. The number of carbonyl (C=O) groups excluding carboxylic acids is 1. The summed E-state index contributed by atoms with van der Waals surface area (Å²) in [5.74, 6) is 0.420. The molecule has 224 valence electrons. The van der Waals surface area contributed by atoms with E-state index in [9.17, 15) is 18.3 Å². The third kappa shape index (κ3) is 5.49. The molecule has 7 nitrogen and oxygen atoms in total. The highest BCUT2D eigenvalue weighted by Crippen LogP contribution is 2.47. The van der Waals surface area contributed by atoms with Crippen LogP contribution in [0.1, 0.15) is 60.0 Å². The van der Waals surface area contributed by atoms with E-state index in [2.05, 4.69) is 34.9 Å². The quantitative estimate of drug-likeness (QED) is 0.369. The second kappa shape index (κ2) is 11.4. The van der Waals surface area contributed by atoms with Gasteiger partial charge in [0.25, 0.3) is 5.91 Å². The number of anilines is 1. The molecule has 2 fully saturated rings. The maximum atomic E-state index is 13.3. The van der Waals surface area contributed by atoms with Crippen LogP contribution in [0.25, 0.3) is 0 Å². The summed E-state index contributed by atoms with van der Waals surface area (Å²) in [4.78, 5) is 15.6. The Morgan fingerprint density at radius 2 is 2.05 bits per heavy atom. The van der Waals surface area contributed by atoms with E-state index < -0.39 is 27.3 Å². The molecular weight excluding hydrogens is 572 g/mol. The van der Waals surface area contributed by atoms with E-state index >= 15 is 0 Å². The van der Waals surface area contributed by atoms with E-state index in [0.29, 0.717) is 38.3 Å². The number of ether oxygens (including phenoxy) is 1. The van der Waals surface area contributed by atoms with Crippen molar-refractivity contribution in [3.63, 3.8) is 0 Å². The first-order valence-corrected chi connectivity index (χ1v) is 16.8. The average molecular weight is 611 g/mol. The maximum absolute atomic E-state index is 13.3. The van der Waals surface area contributed by atoms with Crippen molar-refractivity contribution < 1.29 is 23.1 Å². The number of sulfonamides is 1. The Balaban J connectivity index is 1.32. The molecule has 1 amide bonds. The predicted octanol–water partition coefficient (Wildman–Crippen LogP) is 5.41. The van der Waals surface area contributed by atoms with Crippen LogP contribution >= 0.6 is 11.6 Å². The van der Waals surface area contributed by atoms with Gasteiger partial charge in [0.15, 0.2) is 0 Å². The van der Waals surface area contributed by atoms with Gasteiger partial charge in [-0.05, 0) is 104 Å². The van der Waals surface area contributed by atoms with Gasteiger partial charge in [-0.1, -0.05) is 29.8 Å². The number of aryl methyl sites for hydroxylation is 1. The number of aliphatic hydroxyl groups excluding tert-OH is 1. The van der Waals surface area contributed by atoms with Crippen molar-refractivity contribution in [2.75, 3.05) is 24.6 Å². The van der Waals surface area contributed by atoms with Gasteiger partial charge < -0.3 is 14.7 Å². The van der Waals surface area contributed by atoms with Crippen LogP contribution in [-0.2, 0) is 21.9 Å². The van der Waals surface area contributed by atoms with Crippen molar-refractivity contribution in [1.82, 2.24) is 4.72 Å². The van der Waals surface area contributed by atoms with Crippen molar-refractivity contribution in [2.45, 2.75) is 61.7 Å². The van der Waals surface area contributed by atoms with Crippen LogP contribution in [0, 0.1) is 17.8 Å². The minimum Gasteiger partial charge on any atom is -0.490 e. The van der Waals surface area contributed by atoms with Crippen molar-refractivity contribution >= 4 is 33.2 Å². The van der Waals surface area contributed by atoms with Crippen LogP contribution in [0.4, 0.5) is 5.69 Å². The number of allylic oxidation sites excluding steroid dienone is 1. The summed E-state index contributed by atoms with van der Waals surface area (Å²) >= 11 is 6.37. The number of carbonyl (C=O) groups is 1. The van der Waals surface area contributed by atoms with Crippen LogP contribution in [0.2, 0.25) is 5.02 Å². The van der Waals surface area contributed by atoms with E-state index in [1.165, 1.54) is 11.1 Å². The summed E-state index contributed by atoms with van der Waals surface area (Å²) in [6, 6.07) is 11.3. The molecule has 4 aliphatic rings. The molecule has 3 aliphatic carbocycles. The lowest BCUT2D eigenvalue weighted by atomic mass is 9.68. The molecule has 0 bridgehead atoms. The summed E-state index contributed by atoms with van der Waals surface area (Å²) in [5, 5.41) is 10.7. The van der Waals surface area contributed by atoms with Gasteiger partial charge in [-0.3, -0.25) is 4.79 Å². The highest BCUT2D eigenvalue weighted by Gasteiger charge is 2.47. The van der Waals surface area contributed by atoms with Gasteiger partial charge in [0.05, 0.1) is 23.6 Å². The summed E-state index contributed by atoms with van der Waals surface area (Å²) < 4.78 is 34.6. The zero-order valence-corrected chi connectivity index (χ0v) is 25.4. The highest BCUT2D eigenvalue weighted by molar-refractivity contribution is 7.91. The Morgan fingerprint density at radius 1 is 1.21 bits per heavy atom. The molecule has 0 saturated heterocycles. The van der Waals surface area contributed by atoms with Crippen LogP contribution < -0.4 is 14.4 Å². The number of aliphatic hydroxyl groups is 1. The molecule has 0 radical (unpaired) electrons. The van der Waals surface area contributed by atoms with E-state index in [1.807, 2.05) is 6.07 Å². The van der Waals surface area contributed by atoms with E-state index in [-0.39, 0.29) is 28.7 Å². The fraction of sp³-hybridized carbons (Fsp3) is 0.485. The summed E-state index contributed by atoms with van der Waals surface area (Å²) in [6.45, 7) is 9.34. The number of amides is 1. The molecule has 2 aromatic rings. The molecular formula is C33H39ClN2O5S. The van der Waals surface area contributed by atoms with Gasteiger partial charge in [0.1, 0.15) is 5.75 Å². The van der Waals surface area contributed by atoms with Crippen molar-refractivity contribution in [2.24, 2.45) is 17.8 Å². The predicted molar refractivity (Wildman–Crippen MR) is 166 cm³/mol. The number of hydrogen-bond donors (Lipinski definition) is 2. The maximum Gasteiger partial charge on any atom is 0.264 e. The Hall–Kier alpha value is -2.81. The number of halogens is 1. The molecule has 1 heterocycles. The molecule has 42 heavy (non-hydrogen) atoms. The van der Waals surface area contributed by atoms with E-state index in [1.54, 1.807) is 30.4 Å².